The Balaban J connectivity index is 2.77. The molecule has 1 aromatic heterocycles. The molecule has 9 heteroatoms. The van der Waals surface area contributed by atoms with Crippen LogP contribution >= 0.6 is 35.0 Å². The molecule has 0 spiro atoms. The second-order valence-electron chi connectivity index (χ2n) is 3.23. The highest BCUT2D eigenvalue weighted by Gasteiger charge is 2.10. The number of nitrogens with zero attached hydrogens (tertiary/aromatic N) is 1. The highest BCUT2D eigenvalue weighted by atomic mass is 35.5. The monoisotopic (exact) mass is 315 g/mol. The Bertz CT molecular complexity index is 508. The van der Waals surface area contributed by atoms with Crippen LogP contribution in [0.3, 0.4) is 0 Å². The third-order valence-electron chi connectivity index (χ3n) is 1.73. The SMILES string of the molecule is CS(=O)(=O)CCSc1nc(NN)c(Cl)cc1Cl. The van der Waals surface area contributed by atoms with Gasteiger partial charge in [-0.15, -0.1) is 11.8 Å². The first-order valence-corrected chi connectivity index (χ1v) is 8.27. The number of aromatic nitrogens is 1. The fourth-order valence-electron chi connectivity index (χ4n) is 0.942. The molecular weight excluding hydrogens is 305 g/mol. The number of halogens is 2. The van der Waals surface area contributed by atoms with Crippen molar-refractivity contribution in [3.8, 4) is 0 Å². The summed E-state index contributed by atoms with van der Waals surface area (Å²) in [6, 6.07) is 1.51. The van der Waals surface area contributed by atoms with Crippen LogP contribution in [0, 0.1) is 0 Å². The van der Waals surface area contributed by atoms with E-state index in [0.29, 0.717) is 26.6 Å². The Morgan fingerprint density at radius 1 is 1.47 bits per heavy atom. The molecule has 0 aromatic carbocycles. The highest BCUT2D eigenvalue weighted by molar-refractivity contribution is 8.00. The van der Waals surface area contributed by atoms with Gasteiger partial charge in [0.05, 0.1) is 15.8 Å². The number of nitrogens with two attached hydrogens (primary N) is 1. The second-order valence-corrected chi connectivity index (χ2v) is 7.39. The van der Waals surface area contributed by atoms with Gasteiger partial charge in [-0.3, -0.25) is 0 Å². The van der Waals surface area contributed by atoms with Crippen molar-refractivity contribution in [2.75, 3.05) is 23.2 Å². The summed E-state index contributed by atoms with van der Waals surface area (Å²) < 4.78 is 21.9. The fourth-order valence-corrected chi connectivity index (χ4v) is 3.61. The quantitative estimate of drug-likeness (QED) is 0.489. The first-order chi connectivity index (χ1) is 7.83. The van der Waals surface area contributed by atoms with E-state index in [0.717, 1.165) is 0 Å². The lowest BCUT2D eigenvalue weighted by molar-refractivity contribution is 0.603. The van der Waals surface area contributed by atoms with E-state index in [2.05, 4.69) is 10.4 Å². The number of pyridine rings is 1. The van der Waals surface area contributed by atoms with Crippen molar-refractivity contribution in [2.45, 2.75) is 5.03 Å². The van der Waals surface area contributed by atoms with Gasteiger partial charge in [-0.2, -0.15) is 0 Å². The number of hydrazine groups is 1. The lowest BCUT2D eigenvalue weighted by Gasteiger charge is -2.07. The smallest absolute Gasteiger partial charge is 0.160 e. The van der Waals surface area contributed by atoms with Crippen LogP contribution in [0.5, 0.6) is 0 Å². The highest BCUT2D eigenvalue weighted by Crippen LogP contribution is 2.31. The molecule has 3 N–H and O–H groups in total. The first kappa shape index (κ1) is 14.8. The number of hydrogen-bond acceptors (Lipinski definition) is 6. The number of rotatable bonds is 5. The molecule has 0 saturated heterocycles. The Morgan fingerprint density at radius 2 is 2.12 bits per heavy atom. The van der Waals surface area contributed by atoms with E-state index in [1.165, 1.54) is 24.1 Å². The molecule has 17 heavy (non-hydrogen) atoms. The van der Waals surface area contributed by atoms with Crippen molar-refractivity contribution in [1.29, 1.82) is 0 Å². The third kappa shape index (κ3) is 4.89. The molecule has 0 saturated carbocycles. The number of anilines is 1. The van der Waals surface area contributed by atoms with Crippen molar-refractivity contribution in [2.24, 2.45) is 5.84 Å². The van der Waals surface area contributed by atoms with Gasteiger partial charge in [0.15, 0.2) is 5.82 Å². The van der Waals surface area contributed by atoms with Gasteiger partial charge < -0.3 is 5.43 Å². The lowest BCUT2D eigenvalue weighted by atomic mass is 10.4. The van der Waals surface area contributed by atoms with Gasteiger partial charge in [0.2, 0.25) is 0 Å². The molecular formula is C8H11Cl2N3O2S2. The normalized spacial score (nSPS) is 11.5. The van der Waals surface area contributed by atoms with Gasteiger partial charge in [0.25, 0.3) is 0 Å². The predicted octanol–water partition coefficient (Wildman–Crippen LogP) is 1.81. The largest absolute Gasteiger partial charge is 0.307 e. The van der Waals surface area contributed by atoms with E-state index in [1.54, 1.807) is 0 Å². The number of nitrogen functional groups attached to an aromatic ring is 1. The van der Waals surface area contributed by atoms with Crippen molar-refractivity contribution in [1.82, 2.24) is 4.98 Å². The van der Waals surface area contributed by atoms with Crippen LogP contribution in [0.25, 0.3) is 0 Å². The standard InChI is InChI=1S/C8H11Cl2N3O2S2/c1-17(14,15)3-2-16-8-6(10)4-5(9)7(12-8)13-11/h4H,2-3,11H2,1H3,(H,12,13). The van der Waals surface area contributed by atoms with Crippen molar-refractivity contribution >= 4 is 50.6 Å². The molecule has 5 nitrogen and oxygen atoms in total. The molecule has 0 atom stereocenters. The van der Waals surface area contributed by atoms with Crippen LogP contribution in [-0.2, 0) is 9.84 Å². The molecule has 0 amide bonds. The number of nitrogens with one attached hydrogen (secondary N) is 1. The van der Waals surface area contributed by atoms with Gasteiger partial charge in [-0.05, 0) is 6.07 Å². The van der Waals surface area contributed by atoms with E-state index in [9.17, 15) is 8.42 Å². The van der Waals surface area contributed by atoms with Crippen molar-refractivity contribution < 1.29 is 8.42 Å². The zero-order valence-electron chi connectivity index (χ0n) is 8.91. The van der Waals surface area contributed by atoms with Crippen LogP contribution in [0.4, 0.5) is 5.82 Å². The van der Waals surface area contributed by atoms with Crippen LogP contribution in [0.2, 0.25) is 10.0 Å². The minimum absolute atomic E-state index is 0.0592. The number of hydrogen-bond donors (Lipinski definition) is 2. The van der Waals surface area contributed by atoms with E-state index in [1.807, 2.05) is 0 Å². The Hall–Kier alpha value is -0.210. The maximum atomic E-state index is 11.0. The zero-order valence-corrected chi connectivity index (χ0v) is 12.0. The molecule has 96 valence electrons. The number of sulfone groups is 1. The summed E-state index contributed by atoms with van der Waals surface area (Å²) in [6.07, 6.45) is 1.18. The molecule has 0 aliphatic carbocycles. The summed E-state index contributed by atoms with van der Waals surface area (Å²) in [6.45, 7) is 0. The average molecular weight is 316 g/mol. The van der Waals surface area contributed by atoms with Crippen molar-refractivity contribution in [3.05, 3.63) is 16.1 Å². The fraction of sp³-hybridized carbons (Fsp3) is 0.375. The van der Waals surface area contributed by atoms with Gasteiger partial charge in [0, 0.05) is 12.0 Å². The van der Waals surface area contributed by atoms with E-state index in [-0.39, 0.29) is 5.75 Å². The maximum absolute atomic E-state index is 11.0. The van der Waals surface area contributed by atoms with Gasteiger partial charge >= 0.3 is 0 Å². The van der Waals surface area contributed by atoms with Gasteiger partial charge in [0.1, 0.15) is 14.9 Å². The molecule has 0 unspecified atom stereocenters. The summed E-state index contributed by atoms with van der Waals surface area (Å²) in [5.41, 5.74) is 2.34. The van der Waals surface area contributed by atoms with Crippen LogP contribution in [0.1, 0.15) is 0 Å². The molecule has 0 aliphatic heterocycles. The average Bonchev–Trinajstić information content (AvgIpc) is 2.19. The topological polar surface area (TPSA) is 85.1 Å². The minimum atomic E-state index is -2.99. The zero-order chi connectivity index (χ0) is 13.1. The lowest BCUT2D eigenvalue weighted by Crippen LogP contribution is -2.10. The van der Waals surface area contributed by atoms with E-state index < -0.39 is 9.84 Å². The molecule has 0 fully saturated rings. The van der Waals surface area contributed by atoms with Crippen molar-refractivity contribution in [3.63, 3.8) is 0 Å². The van der Waals surface area contributed by atoms with E-state index >= 15 is 0 Å². The van der Waals surface area contributed by atoms with Gasteiger partial charge in [-0.25, -0.2) is 19.2 Å². The summed E-state index contributed by atoms with van der Waals surface area (Å²) in [5, 5.41) is 1.17. The maximum Gasteiger partial charge on any atom is 0.160 e. The predicted molar refractivity (Wildman–Crippen MR) is 72.5 cm³/mol. The molecule has 1 aromatic rings. The minimum Gasteiger partial charge on any atom is -0.307 e. The molecule has 1 rings (SSSR count). The first-order valence-electron chi connectivity index (χ1n) is 4.46. The number of thioether (sulfide) groups is 1. The van der Waals surface area contributed by atoms with E-state index in [4.69, 9.17) is 29.0 Å². The third-order valence-corrected chi connectivity index (χ3v) is 4.61. The second kappa shape index (κ2) is 6.10. The van der Waals surface area contributed by atoms with Crippen LogP contribution in [-0.4, -0.2) is 31.2 Å². The Kier molecular flexibility index (Phi) is 5.33. The Labute approximate surface area is 114 Å². The van der Waals surface area contributed by atoms with Gasteiger partial charge in [-0.1, -0.05) is 23.2 Å². The molecule has 1 heterocycles. The summed E-state index contributed by atoms with van der Waals surface area (Å²) in [4.78, 5) is 4.08. The molecule has 0 radical (unpaired) electrons. The molecule has 0 bridgehead atoms. The summed E-state index contributed by atoms with van der Waals surface area (Å²) >= 11 is 13.0. The summed E-state index contributed by atoms with van der Waals surface area (Å²) in [7, 11) is -2.99. The van der Waals surface area contributed by atoms with Crippen LogP contribution < -0.4 is 11.3 Å². The molecule has 0 aliphatic rings. The summed E-state index contributed by atoms with van der Waals surface area (Å²) in [5.74, 6) is 5.96. The van der Waals surface area contributed by atoms with Crippen LogP contribution in [0.15, 0.2) is 11.1 Å². The Morgan fingerprint density at radius 3 is 2.65 bits per heavy atom.